The summed E-state index contributed by atoms with van der Waals surface area (Å²) in [6, 6.07) is 6.39. The number of halogens is 1. The minimum Gasteiger partial charge on any atom is -0.385 e. The SMILES string of the molecule is N#Cc1ccc(NCC2CCCOC2)cc1F. The van der Waals surface area contributed by atoms with Gasteiger partial charge in [-0.25, -0.2) is 4.39 Å². The fourth-order valence-corrected chi connectivity index (χ4v) is 1.95. The van der Waals surface area contributed by atoms with Gasteiger partial charge in [0, 0.05) is 18.8 Å². The molecular weight excluding hydrogens is 219 g/mol. The van der Waals surface area contributed by atoms with Crippen LogP contribution in [0.1, 0.15) is 18.4 Å². The van der Waals surface area contributed by atoms with Gasteiger partial charge in [0.1, 0.15) is 11.9 Å². The molecule has 0 bridgehead atoms. The van der Waals surface area contributed by atoms with Crippen molar-refractivity contribution in [1.82, 2.24) is 0 Å². The average Bonchev–Trinajstić information content (AvgIpc) is 2.38. The largest absolute Gasteiger partial charge is 0.385 e. The van der Waals surface area contributed by atoms with E-state index < -0.39 is 5.82 Å². The van der Waals surface area contributed by atoms with E-state index >= 15 is 0 Å². The third kappa shape index (κ3) is 3.18. The minimum absolute atomic E-state index is 0.0801. The predicted molar refractivity (Wildman–Crippen MR) is 63.1 cm³/mol. The number of hydrogen-bond acceptors (Lipinski definition) is 3. The summed E-state index contributed by atoms with van der Waals surface area (Å²) in [6.07, 6.45) is 2.24. The Kier molecular flexibility index (Phi) is 3.94. The van der Waals surface area contributed by atoms with Crippen LogP contribution in [0.2, 0.25) is 0 Å². The van der Waals surface area contributed by atoms with Gasteiger partial charge in [0.2, 0.25) is 0 Å². The van der Waals surface area contributed by atoms with Crippen LogP contribution in [0.25, 0.3) is 0 Å². The van der Waals surface area contributed by atoms with Crippen LogP contribution in [0.3, 0.4) is 0 Å². The van der Waals surface area contributed by atoms with Crippen molar-refractivity contribution in [3.63, 3.8) is 0 Å². The molecule has 1 aliphatic rings. The molecule has 0 aliphatic carbocycles. The van der Waals surface area contributed by atoms with E-state index in [0.29, 0.717) is 11.6 Å². The van der Waals surface area contributed by atoms with E-state index in [0.717, 1.165) is 32.6 Å². The first-order chi connectivity index (χ1) is 8.29. The minimum atomic E-state index is -0.475. The van der Waals surface area contributed by atoms with Crippen LogP contribution >= 0.6 is 0 Å². The van der Waals surface area contributed by atoms with Gasteiger partial charge in [-0.15, -0.1) is 0 Å². The number of hydrogen-bond donors (Lipinski definition) is 1. The molecule has 1 atom stereocenters. The fraction of sp³-hybridized carbons (Fsp3) is 0.462. The molecule has 0 radical (unpaired) electrons. The van der Waals surface area contributed by atoms with Crippen molar-refractivity contribution in [2.45, 2.75) is 12.8 Å². The lowest BCUT2D eigenvalue weighted by Gasteiger charge is -2.22. The topological polar surface area (TPSA) is 45.0 Å². The molecule has 1 aliphatic heterocycles. The number of nitrogens with zero attached hydrogens (tertiary/aromatic N) is 1. The molecule has 0 saturated carbocycles. The molecule has 3 nitrogen and oxygen atoms in total. The summed E-state index contributed by atoms with van der Waals surface area (Å²) < 4.78 is 18.7. The van der Waals surface area contributed by atoms with Gasteiger partial charge in [-0.05, 0) is 37.0 Å². The zero-order valence-electron chi connectivity index (χ0n) is 9.58. The Morgan fingerprint density at radius 3 is 3.06 bits per heavy atom. The molecule has 1 unspecified atom stereocenters. The van der Waals surface area contributed by atoms with Crippen LogP contribution in [0.15, 0.2) is 18.2 Å². The zero-order valence-corrected chi connectivity index (χ0v) is 9.58. The Balaban J connectivity index is 1.90. The first-order valence-electron chi connectivity index (χ1n) is 5.81. The monoisotopic (exact) mass is 234 g/mol. The summed E-state index contributed by atoms with van der Waals surface area (Å²) in [5.74, 6) is 0.0137. The molecule has 1 aromatic carbocycles. The van der Waals surface area contributed by atoms with Crippen molar-refractivity contribution in [3.05, 3.63) is 29.6 Å². The van der Waals surface area contributed by atoms with Gasteiger partial charge >= 0.3 is 0 Å². The van der Waals surface area contributed by atoms with E-state index in [-0.39, 0.29) is 5.56 Å². The Bertz CT molecular complexity index is 422. The molecule has 1 saturated heterocycles. The number of anilines is 1. The molecule has 0 amide bonds. The molecule has 0 spiro atoms. The molecule has 1 fully saturated rings. The van der Waals surface area contributed by atoms with Crippen molar-refractivity contribution in [2.75, 3.05) is 25.1 Å². The summed E-state index contributed by atoms with van der Waals surface area (Å²) >= 11 is 0. The van der Waals surface area contributed by atoms with Crippen LogP contribution in [0.4, 0.5) is 10.1 Å². The Morgan fingerprint density at radius 1 is 1.53 bits per heavy atom. The lowest BCUT2D eigenvalue weighted by atomic mass is 10.0. The maximum Gasteiger partial charge on any atom is 0.143 e. The van der Waals surface area contributed by atoms with Crippen molar-refractivity contribution in [3.8, 4) is 6.07 Å². The van der Waals surface area contributed by atoms with Gasteiger partial charge in [-0.1, -0.05) is 0 Å². The van der Waals surface area contributed by atoms with Crippen LogP contribution < -0.4 is 5.32 Å². The highest BCUT2D eigenvalue weighted by atomic mass is 19.1. The number of ether oxygens (including phenoxy) is 1. The van der Waals surface area contributed by atoms with E-state index in [1.54, 1.807) is 12.1 Å². The van der Waals surface area contributed by atoms with E-state index in [4.69, 9.17) is 10.00 Å². The van der Waals surface area contributed by atoms with Crippen LogP contribution in [-0.2, 0) is 4.74 Å². The molecule has 2 rings (SSSR count). The third-order valence-electron chi connectivity index (χ3n) is 2.94. The van der Waals surface area contributed by atoms with E-state index in [1.165, 1.54) is 12.1 Å². The Hall–Kier alpha value is -1.60. The molecule has 17 heavy (non-hydrogen) atoms. The summed E-state index contributed by atoms with van der Waals surface area (Å²) in [4.78, 5) is 0. The number of nitriles is 1. The van der Waals surface area contributed by atoms with Gasteiger partial charge in [0.05, 0.1) is 12.2 Å². The summed E-state index contributed by atoms with van der Waals surface area (Å²) in [5, 5.41) is 11.8. The van der Waals surface area contributed by atoms with Crippen molar-refractivity contribution in [1.29, 1.82) is 5.26 Å². The van der Waals surface area contributed by atoms with Crippen molar-refractivity contribution in [2.24, 2.45) is 5.92 Å². The van der Waals surface area contributed by atoms with E-state index in [1.807, 2.05) is 0 Å². The average molecular weight is 234 g/mol. The lowest BCUT2D eigenvalue weighted by molar-refractivity contribution is 0.0595. The molecule has 1 heterocycles. The van der Waals surface area contributed by atoms with Gasteiger partial charge in [0.25, 0.3) is 0 Å². The maximum atomic E-state index is 13.3. The molecule has 0 aromatic heterocycles. The van der Waals surface area contributed by atoms with E-state index in [2.05, 4.69) is 5.32 Å². The van der Waals surface area contributed by atoms with Crippen LogP contribution in [0.5, 0.6) is 0 Å². The summed E-state index contributed by atoms with van der Waals surface area (Å²) in [7, 11) is 0. The first-order valence-corrected chi connectivity index (χ1v) is 5.81. The first kappa shape index (κ1) is 11.9. The predicted octanol–water partition coefficient (Wildman–Crippen LogP) is 2.54. The standard InChI is InChI=1S/C13H15FN2O/c14-13-6-12(4-3-11(13)7-15)16-8-10-2-1-5-17-9-10/h3-4,6,10,16H,1-2,5,8-9H2. The molecule has 4 heteroatoms. The zero-order chi connectivity index (χ0) is 12.1. The Morgan fingerprint density at radius 2 is 2.41 bits per heavy atom. The quantitative estimate of drug-likeness (QED) is 0.874. The summed E-state index contributed by atoms with van der Waals surface area (Å²) in [5.41, 5.74) is 0.795. The number of nitrogens with one attached hydrogen (secondary N) is 1. The highest BCUT2D eigenvalue weighted by Gasteiger charge is 2.13. The lowest BCUT2D eigenvalue weighted by Crippen LogP contribution is -2.24. The second-order valence-electron chi connectivity index (χ2n) is 4.27. The van der Waals surface area contributed by atoms with Crippen LogP contribution in [-0.4, -0.2) is 19.8 Å². The van der Waals surface area contributed by atoms with Gasteiger partial charge in [-0.3, -0.25) is 0 Å². The number of rotatable bonds is 3. The van der Waals surface area contributed by atoms with E-state index in [9.17, 15) is 4.39 Å². The fourth-order valence-electron chi connectivity index (χ4n) is 1.95. The molecular formula is C13H15FN2O. The normalized spacial score (nSPS) is 19.6. The maximum absolute atomic E-state index is 13.3. The molecule has 1 aromatic rings. The third-order valence-corrected chi connectivity index (χ3v) is 2.94. The van der Waals surface area contributed by atoms with Gasteiger partial charge < -0.3 is 10.1 Å². The van der Waals surface area contributed by atoms with Gasteiger partial charge in [0.15, 0.2) is 0 Å². The number of benzene rings is 1. The highest BCUT2D eigenvalue weighted by molar-refractivity contribution is 5.48. The van der Waals surface area contributed by atoms with Crippen LogP contribution in [0, 0.1) is 23.1 Å². The molecule has 1 N–H and O–H groups in total. The van der Waals surface area contributed by atoms with Gasteiger partial charge in [-0.2, -0.15) is 5.26 Å². The van der Waals surface area contributed by atoms with Crippen molar-refractivity contribution < 1.29 is 9.13 Å². The summed E-state index contributed by atoms with van der Waals surface area (Å²) in [6.45, 7) is 2.40. The van der Waals surface area contributed by atoms with Crippen molar-refractivity contribution >= 4 is 5.69 Å². The molecule has 90 valence electrons. The Labute approximate surface area is 100 Å². The second-order valence-corrected chi connectivity index (χ2v) is 4.27. The second kappa shape index (κ2) is 5.65. The smallest absolute Gasteiger partial charge is 0.143 e. The highest BCUT2D eigenvalue weighted by Crippen LogP contribution is 2.17.